The van der Waals surface area contributed by atoms with Crippen LogP contribution >= 0.6 is 15.9 Å². The molecule has 0 bridgehead atoms. The average molecular weight is 491 g/mol. The Kier molecular flexibility index (Phi) is 6.23. The van der Waals surface area contributed by atoms with Gasteiger partial charge in [0.05, 0.1) is 18.7 Å². The van der Waals surface area contributed by atoms with Gasteiger partial charge < -0.3 is 14.2 Å². The predicted octanol–water partition coefficient (Wildman–Crippen LogP) is 5.70. The first kappa shape index (κ1) is 21.6. The molecule has 0 spiro atoms. The largest absolute Gasteiger partial charge is 0.497 e. The van der Waals surface area contributed by atoms with Crippen LogP contribution in [0.5, 0.6) is 11.5 Å². The fourth-order valence-corrected chi connectivity index (χ4v) is 3.97. The van der Waals surface area contributed by atoms with Crippen LogP contribution in [0, 0.1) is 0 Å². The van der Waals surface area contributed by atoms with Gasteiger partial charge in [0.1, 0.15) is 22.8 Å². The summed E-state index contributed by atoms with van der Waals surface area (Å²) < 4.78 is 16.8. The average Bonchev–Trinajstić information content (AvgIpc) is 3.14. The number of carbonyl (C=O) groups excluding carboxylic acids is 2. The molecule has 0 N–H and O–H groups in total. The maximum Gasteiger partial charge on any atom is 0.348 e. The summed E-state index contributed by atoms with van der Waals surface area (Å²) in [6, 6.07) is 21.4. The second-order valence-corrected chi connectivity index (χ2v) is 7.82. The third-order valence-corrected chi connectivity index (χ3v) is 5.64. The van der Waals surface area contributed by atoms with Crippen LogP contribution in [0.1, 0.15) is 21.5 Å². The summed E-state index contributed by atoms with van der Waals surface area (Å²) in [6.45, 7) is 0. The van der Waals surface area contributed by atoms with Crippen molar-refractivity contribution in [3.8, 4) is 11.5 Å². The zero-order chi connectivity index (χ0) is 22.7. The van der Waals surface area contributed by atoms with Crippen LogP contribution in [0.15, 0.2) is 88.6 Å². The van der Waals surface area contributed by atoms with Crippen molar-refractivity contribution in [3.63, 3.8) is 0 Å². The fourth-order valence-electron chi connectivity index (χ4n) is 3.43. The number of Topliss-reactive ketones (excluding diaryl/α,β-unsaturated/α-hetero) is 1. The molecule has 3 aromatic rings. The topological polar surface area (TPSA) is 61.8 Å². The minimum absolute atomic E-state index is 0.00646. The summed E-state index contributed by atoms with van der Waals surface area (Å²) in [4.78, 5) is 26.2. The van der Waals surface area contributed by atoms with Gasteiger partial charge in [0.25, 0.3) is 0 Å². The van der Waals surface area contributed by atoms with Gasteiger partial charge in [-0.1, -0.05) is 48.5 Å². The van der Waals surface area contributed by atoms with Gasteiger partial charge in [0.15, 0.2) is 0 Å². The lowest BCUT2D eigenvalue weighted by atomic mass is 9.93. The molecule has 1 heterocycles. The first-order chi connectivity index (χ1) is 15.5. The first-order valence-electron chi connectivity index (χ1n) is 9.78. The Labute approximate surface area is 194 Å². The highest BCUT2D eigenvalue weighted by molar-refractivity contribution is 9.10. The van der Waals surface area contributed by atoms with Crippen molar-refractivity contribution in [2.24, 2.45) is 0 Å². The number of methoxy groups -OCH3 is 2. The smallest absolute Gasteiger partial charge is 0.348 e. The lowest BCUT2D eigenvalue weighted by molar-refractivity contribution is -0.132. The predicted molar refractivity (Wildman–Crippen MR) is 125 cm³/mol. The van der Waals surface area contributed by atoms with Crippen molar-refractivity contribution < 1.29 is 23.8 Å². The molecule has 0 atom stereocenters. The quantitative estimate of drug-likeness (QED) is 0.252. The van der Waals surface area contributed by atoms with Crippen LogP contribution in [-0.2, 0) is 9.53 Å². The van der Waals surface area contributed by atoms with E-state index in [0.717, 1.165) is 5.56 Å². The zero-order valence-corrected chi connectivity index (χ0v) is 19.0. The molecule has 32 heavy (non-hydrogen) atoms. The Bertz CT molecular complexity index is 1240. The molecule has 0 radical (unpaired) electrons. The Morgan fingerprint density at radius 1 is 0.938 bits per heavy atom. The van der Waals surface area contributed by atoms with Gasteiger partial charge in [-0.2, -0.15) is 0 Å². The van der Waals surface area contributed by atoms with E-state index in [-0.39, 0.29) is 5.57 Å². The van der Waals surface area contributed by atoms with Crippen LogP contribution in [0.3, 0.4) is 0 Å². The summed E-state index contributed by atoms with van der Waals surface area (Å²) in [6.07, 6.45) is 1.73. The van der Waals surface area contributed by atoms with Crippen molar-refractivity contribution in [1.29, 1.82) is 0 Å². The van der Waals surface area contributed by atoms with Crippen LogP contribution in [-0.4, -0.2) is 26.0 Å². The molecule has 0 saturated heterocycles. The van der Waals surface area contributed by atoms with Crippen molar-refractivity contribution in [2.45, 2.75) is 0 Å². The molecule has 0 aliphatic carbocycles. The SMILES string of the molecule is COc1ccc(/C=C2\OC(=O)C(C(=O)c3ccccc3)=C2c2ccc(OC)c(Br)c2)cc1. The number of benzene rings is 3. The van der Waals surface area contributed by atoms with Crippen molar-refractivity contribution in [1.82, 2.24) is 0 Å². The van der Waals surface area contributed by atoms with Crippen LogP contribution in [0.25, 0.3) is 11.6 Å². The summed E-state index contributed by atoms with van der Waals surface area (Å²) in [5, 5.41) is 0. The highest BCUT2D eigenvalue weighted by Gasteiger charge is 2.36. The summed E-state index contributed by atoms with van der Waals surface area (Å²) >= 11 is 3.48. The maximum atomic E-state index is 13.3. The summed E-state index contributed by atoms with van der Waals surface area (Å²) in [5.74, 6) is 0.578. The Balaban J connectivity index is 1.89. The van der Waals surface area contributed by atoms with Crippen LogP contribution in [0.2, 0.25) is 0 Å². The van der Waals surface area contributed by atoms with Gasteiger partial charge >= 0.3 is 5.97 Å². The van der Waals surface area contributed by atoms with Crippen molar-refractivity contribution in [3.05, 3.63) is 105 Å². The lowest BCUT2D eigenvalue weighted by Crippen LogP contribution is -2.11. The molecule has 6 heteroatoms. The molecular formula is C26H19BrO5. The van der Waals surface area contributed by atoms with Gasteiger partial charge in [0.2, 0.25) is 5.78 Å². The van der Waals surface area contributed by atoms with Gasteiger partial charge in [0, 0.05) is 11.1 Å². The Morgan fingerprint density at radius 2 is 1.66 bits per heavy atom. The third kappa shape index (κ3) is 4.22. The monoisotopic (exact) mass is 490 g/mol. The number of carbonyl (C=O) groups is 2. The van der Waals surface area contributed by atoms with E-state index in [9.17, 15) is 9.59 Å². The molecule has 3 aromatic carbocycles. The fraction of sp³-hybridized carbons (Fsp3) is 0.0769. The second-order valence-electron chi connectivity index (χ2n) is 6.97. The molecule has 0 aromatic heterocycles. The molecule has 160 valence electrons. The Hall–Kier alpha value is -3.64. The number of ketones is 1. The van der Waals surface area contributed by atoms with Gasteiger partial charge in [-0.15, -0.1) is 0 Å². The molecule has 5 nitrogen and oxygen atoms in total. The number of hydrogen-bond acceptors (Lipinski definition) is 5. The molecular weight excluding hydrogens is 472 g/mol. The number of cyclic esters (lactones) is 1. The maximum absolute atomic E-state index is 13.3. The standard InChI is InChI=1S/C26H19BrO5/c1-30-19-11-8-16(9-12-19)14-22-23(18-10-13-21(31-2)20(27)15-18)24(26(29)32-22)25(28)17-6-4-3-5-7-17/h3-15H,1-2H3/b22-14-. The molecule has 0 fully saturated rings. The molecule has 0 unspecified atom stereocenters. The van der Waals surface area contributed by atoms with E-state index in [1.54, 1.807) is 62.8 Å². The number of ether oxygens (including phenoxy) is 3. The van der Waals surface area contributed by atoms with E-state index in [0.29, 0.717) is 38.4 Å². The number of allylic oxidation sites excluding steroid dienone is 1. The van der Waals surface area contributed by atoms with Gasteiger partial charge in [-0.3, -0.25) is 4.79 Å². The highest BCUT2D eigenvalue weighted by atomic mass is 79.9. The van der Waals surface area contributed by atoms with E-state index in [4.69, 9.17) is 14.2 Å². The minimum Gasteiger partial charge on any atom is -0.497 e. The van der Waals surface area contributed by atoms with Crippen LogP contribution < -0.4 is 9.47 Å². The second kappa shape index (κ2) is 9.24. The van der Waals surface area contributed by atoms with Crippen molar-refractivity contribution in [2.75, 3.05) is 14.2 Å². The van der Waals surface area contributed by atoms with E-state index in [1.807, 2.05) is 30.3 Å². The number of hydrogen-bond donors (Lipinski definition) is 0. The first-order valence-corrected chi connectivity index (χ1v) is 10.6. The van der Waals surface area contributed by atoms with E-state index in [1.165, 1.54) is 0 Å². The molecule has 1 aliphatic heterocycles. The van der Waals surface area contributed by atoms with Crippen LogP contribution in [0.4, 0.5) is 0 Å². The normalized spacial score (nSPS) is 14.5. The zero-order valence-electron chi connectivity index (χ0n) is 17.4. The lowest BCUT2D eigenvalue weighted by Gasteiger charge is -2.09. The number of halogens is 1. The van der Waals surface area contributed by atoms with Gasteiger partial charge in [-0.05, 0) is 57.4 Å². The minimum atomic E-state index is -0.680. The van der Waals surface area contributed by atoms with E-state index >= 15 is 0 Å². The number of esters is 1. The molecule has 0 saturated carbocycles. The summed E-state index contributed by atoms with van der Waals surface area (Å²) in [7, 11) is 3.16. The molecule has 0 amide bonds. The molecule has 1 aliphatic rings. The molecule has 4 rings (SSSR count). The number of rotatable bonds is 6. The van der Waals surface area contributed by atoms with Crippen molar-refractivity contribution >= 4 is 39.3 Å². The van der Waals surface area contributed by atoms with Gasteiger partial charge in [-0.25, -0.2) is 4.79 Å². The summed E-state index contributed by atoms with van der Waals surface area (Å²) in [5.41, 5.74) is 2.29. The highest BCUT2D eigenvalue weighted by Crippen LogP contribution is 2.39. The Morgan fingerprint density at radius 3 is 2.28 bits per heavy atom. The van der Waals surface area contributed by atoms with E-state index in [2.05, 4.69) is 15.9 Å². The third-order valence-electron chi connectivity index (χ3n) is 5.02. The van der Waals surface area contributed by atoms with E-state index < -0.39 is 11.8 Å².